The first-order valence-electron chi connectivity index (χ1n) is 30.3. The molecular formula is C56H82O31. The Hall–Kier alpha value is -3.49. The Morgan fingerprint density at radius 1 is 0.414 bits per heavy atom. The number of fused-ring (bicyclic) bond motifs is 6. The van der Waals surface area contributed by atoms with Crippen LogP contribution in [0.2, 0.25) is 0 Å². The van der Waals surface area contributed by atoms with E-state index in [-0.39, 0.29) is 32.1 Å². The molecule has 0 radical (unpaired) electrons. The van der Waals surface area contributed by atoms with Crippen LogP contribution in [0.1, 0.15) is 77.0 Å². The van der Waals surface area contributed by atoms with Crippen molar-refractivity contribution in [1.29, 1.82) is 0 Å². The van der Waals surface area contributed by atoms with Gasteiger partial charge in [0, 0.05) is 29.6 Å². The smallest absolute Gasteiger partial charge is 0.309 e. The van der Waals surface area contributed by atoms with Gasteiger partial charge in [-0.3, -0.25) is 24.0 Å². The monoisotopic (exact) mass is 1250 g/mol. The van der Waals surface area contributed by atoms with E-state index in [9.17, 15) is 106 Å². The summed E-state index contributed by atoms with van der Waals surface area (Å²) in [6, 6.07) is 0. The minimum Gasteiger partial charge on any atom is -0.481 e. The fraction of sp³-hybridized carbons (Fsp3) is 0.911. The molecule has 0 aromatic carbocycles. The number of carboxylic acids is 1. The molecule has 7 aliphatic carbocycles. The molecular weight excluding hydrogens is 1170 g/mol. The molecule has 4 saturated heterocycles. The highest BCUT2D eigenvalue weighted by Gasteiger charge is 2.67. The van der Waals surface area contributed by atoms with Crippen LogP contribution in [0.15, 0.2) is 0 Å². The molecule has 7 saturated carbocycles. The highest BCUT2D eigenvalue weighted by Crippen LogP contribution is 2.58. The summed E-state index contributed by atoms with van der Waals surface area (Å²) in [4.78, 5) is 71.7. The van der Waals surface area contributed by atoms with E-state index in [2.05, 4.69) is 0 Å². The lowest BCUT2D eigenvalue weighted by Gasteiger charge is -2.63. The van der Waals surface area contributed by atoms with Crippen molar-refractivity contribution in [2.45, 2.75) is 242 Å². The molecule has 4 heterocycles. The van der Waals surface area contributed by atoms with Crippen LogP contribution in [0.4, 0.5) is 0 Å². The van der Waals surface area contributed by atoms with E-state index in [0.29, 0.717) is 0 Å². The highest BCUT2D eigenvalue weighted by atomic mass is 16.7. The van der Waals surface area contributed by atoms with Crippen LogP contribution in [0.3, 0.4) is 0 Å². The number of rotatable bonds is 8. The van der Waals surface area contributed by atoms with Gasteiger partial charge in [-0.05, 0) is 83.0 Å². The molecule has 29 unspecified atom stereocenters. The van der Waals surface area contributed by atoms with Crippen molar-refractivity contribution in [3.05, 3.63) is 0 Å². The van der Waals surface area contributed by atoms with Crippen molar-refractivity contribution in [2.24, 2.45) is 65.1 Å². The van der Waals surface area contributed by atoms with E-state index in [1.54, 1.807) is 0 Å². The molecule has 87 heavy (non-hydrogen) atoms. The number of hydrogen-bond donors (Lipinski definition) is 18. The first kappa shape index (κ1) is 65.0. The lowest BCUT2D eigenvalue weighted by Crippen LogP contribution is -2.72. The maximum absolute atomic E-state index is 15.2. The summed E-state index contributed by atoms with van der Waals surface area (Å²) >= 11 is 0. The topological polar surface area (TPSA) is 523 Å². The van der Waals surface area contributed by atoms with Crippen LogP contribution in [0, 0.1) is 65.1 Å². The van der Waals surface area contributed by atoms with Crippen molar-refractivity contribution in [3.63, 3.8) is 0 Å². The predicted molar refractivity (Wildman–Crippen MR) is 275 cm³/mol. The summed E-state index contributed by atoms with van der Waals surface area (Å²) in [6.07, 6.45) is -49.3. The molecule has 0 bridgehead atoms. The van der Waals surface area contributed by atoms with E-state index in [1.807, 2.05) is 0 Å². The van der Waals surface area contributed by atoms with Crippen molar-refractivity contribution in [3.8, 4) is 0 Å². The Labute approximate surface area is 496 Å². The molecule has 11 aliphatic rings. The number of ether oxygens (including phenoxy) is 8. The van der Waals surface area contributed by atoms with Gasteiger partial charge in [0.15, 0.2) is 24.6 Å². The van der Waals surface area contributed by atoms with Crippen molar-refractivity contribution < 1.29 is 154 Å². The Kier molecular flexibility index (Phi) is 19.1. The molecule has 0 aromatic heterocycles. The molecule has 31 nitrogen and oxygen atoms in total. The van der Waals surface area contributed by atoms with Gasteiger partial charge in [0.1, 0.15) is 43.2 Å². The largest absolute Gasteiger partial charge is 0.481 e. The zero-order chi connectivity index (χ0) is 62.7. The maximum Gasteiger partial charge on any atom is 0.309 e. The number of aliphatic hydroxyl groups is 17. The van der Waals surface area contributed by atoms with Crippen LogP contribution in [-0.2, 0) is 61.9 Å². The quantitative estimate of drug-likeness (QED) is 0.0793. The third-order valence-electron chi connectivity index (χ3n) is 21.5. The molecule has 0 amide bonds. The van der Waals surface area contributed by atoms with E-state index in [1.165, 1.54) is 0 Å². The lowest BCUT2D eigenvalue weighted by molar-refractivity contribution is -0.333. The van der Waals surface area contributed by atoms with Gasteiger partial charge < -0.3 is 130 Å². The van der Waals surface area contributed by atoms with Gasteiger partial charge in [-0.25, -0.2) is 0 Å². The third-order valence-corrected chi connectivity index (χ3v) is 21.5. The summed E-state index contributed by atoms with van der Waals surface area (Å²) in [7, 11) is 0. The zero-order valence-corrected chi connectivity index (χ0v) is 47.0. The molecule has 31 heteroatoms. The Bertz CT molecular complexity index is 2470. The predicted octanol–water partition coefficient (Wildman–Crippen LogP) is -8.30. The van der Waals surface area contributed by atoms with Crippen LogP contribution in [0.5, 0.6) is 0 Å². The van der Waals surface area contributed by atoms with Crippen molar-refractivity contribution >= 4 is 29.8 Å². The van der Waals surface area contributed by atoms with E-state index in [4.69, 9.17) is 37.9 Å². The Morgan fingerprint density at radius 3 is 1.52 bits per heavy atom. The average Bonchev–Trinajstić information content (AvgIpc) is 0.974. The highest BCUT2D eigenvalue weighted by molar-refractivity contribution is 5.77. The van der Waals surface area contributed by atoms with Crippen molar-refractivity contribution in [1.82, 2.24) is 0 Å². The summed E-state index contributed by atoms with van der Waals surface area (Å²) in [6.45, 7) is -1.05. The average molecular weight is 1250 g/mol. The molecule has 492 valence electrons. The molecule has 11 rings (SSSR count). The summed E-state index contributed by atoms with van der Waals surface area (Å²) < 4.78 is 49.6. The fourth-order valence-electron chi connectivity index (χ4n) is 17.1. The molecule has 4 aliphatic heterocycles. The number of aliphatic carboxylic acids is 1. The SMILES string of the molecule is O=C(O[C@@H]1[C@@H](OC(=O)C2CC(O)C(O)C(O)C2)[C@@H](O)O[C@@H]2COC(=O)C3CC(OC4C(C5CCC(O)C(O)C5)OC5CC(O)CC6OC7C(O)C(O)CC(C(=O)O)C7C4C56)C(O)C(O)C3C3C(CC(O)C(O)C3O)C(=O)O[C@@H]12)C1CC(O)C(O)C(O)C1. The van der Waals surface area contributed by atoms with Crippen molar-refractivity contribution in [2.75, 3.05) is 6.61 Å². The standard InChI is InChI=1S/C56H82O31/c57-17-8-29-36-30(9-17)82-47-35(18(51(73)74)10-28(65)41(47)69)37(36)48(45(81-29)14-1-2-21(58)22(59)3-14)83-31-12-20-34(44(72)42(31)70)33-19(11-27(64)40(68)43(33)71)55(78)85-46-32(13-80-54(20)77)84-56(79)50(87-53(76)16-6-25(62)39(67)26(63)7-16)49(46)86-52(75)15-4-23(60)38(66)24(61)5-15/h14-50,56-72,79H,1-13H2,(H,73,74)/t14?,15?,16?,17?,18?,19?,20?,21?,22?,23?,24?,25?,26?,27?,28?,29?,30?,31?,32-,33?,34?,35?,36?,37?,38?,39?,40?,41?,42?,43?,44?,45?,46-,47?,48?,49+,50-,56+/m1/s1. The van der Waals surface area contributed by atoms with Crippen LogP contribution in [0.25, 0.3) is 0 Å². The van der Waals surface area contributed by atoms with Gasteiger partial charge in [0.05, 0.1) is 133 Å². The second-order valence-electron chi connectivity index (χ2n) is 26.6. The number of carboxylic acid groups (broad SMARTS) is 1. The van der Waals surface area contributed by atoms with E-state index < -0.39 is 311 Å². The van der Waals surface area contributed by atoms with Gasteiger partial charge >= 0.3 is 29.8 Å². The molecule has 34 atom stereocenters. The third kappa shape index (κ3) is 12.1. The summed E-state index contributed by atoms with van der Waals surface area (Å²) in [5.41, 5.74) is 0. The number of carbonyl (C=O) groups is 5. The second kappa shape index (κ2) is 25.5. The minimum absolute atomic E-state index is 0.0234. The number of esters is 4. The molecule has 18 N–H and O–H groups in total. The number of carbonyl (C=O) groups excluding carboxylic acids is 4. The van der Waals surface area contributed by atoms with Crippen LogP contribution >= 0.6 is 0 Å². The van der Waals surface area contributed by atoms with Gasteiger partial charge in [0.2, 0.25) is 0 Å². The lowest BCUT2D eigenvalue weighted by atomic mass is 9.55. The fourth-order valence-corrected chi connectivity index (χ4v) is 17.1. The molecule has 0 aromatic rings. The van der Waals surface area contributed by atoms with E-state index in [0.717, 1.165) is 0 Å². The van der Waals surface area contributed by atoms with E-state index >= 15 is 9.59 Å². The number of hydrogen-bond acceptors (Lipinski definition) is 30. The number of cyclic esters (lactones) is 1. The minimum atomic E-state index is -2.38. The first-order valence-corrected chi connectivity index (χ1v) is 30.3. The normalized spacial score (nSPS) is 54.4. The summed E-state index contributed by atoms with van der Waals surface area (Å²) in [5.74, 6) is -21.9. The zero-order valence-electron chi connectivity index (χ0n) is 47.0. The van der Waals surface area contributed by atoms with Gasteiger partial charge in [-0.1, -0.05) is 0 Å². The molecule has 0 spiro atoms. The Balaban J connectivity index is 0.954. The summed E-state index contributed by atoms with van der Waals surface area (Å²) in [5, 5.41) is 200. The molecule has 11 fully saturated rings. The Morgan fingerprint density at radius 2 is 0.943 bits per heavy atom. The number of aliphatic hydroxyl groups excluding tert-OH is 17. The van der Waals surface area contributed by atoms with Crippen LogP contribution < -0.4 is 0 Å². The van der Waals surface area contributed by atoms with Crippen LogP contribution in [-0.4, -0.2) is 293 Å². The van der Waals surface area contributed by atoms with Gasteiger partial charge in [0.25, 0.3) is 0 Å². The van der Waals surface area contributed by atoms with Gasteiger partial charge in [-0.15, -0.1) is 0 Å². The maximum atomic E-state index is 15.2. The second-order valence-corrected chi connectivity index (χ2v) is 26.6. The van der Waals surface area contributed by atoms with Gasteiger partial charge in [-0.2, -0.15) is 0 Å². The first-order chi connectivity index (χ1) is 41.1.